The van der Waals surface area contributed by atoms with Crippen LogP contribution in [0.5, 0.6) is 0 Å². The molecule has 2 nitrogen and oxygen atoms in total. The molecule has 0 bridgehead atoms. The van der Waals surface area contributed by atoms with E-state index in [1.807, 2.05) is 6.92 Å². The van der Waals surface area contributed by atoms with Crippen molar-refractivity contribution in [3.8, 4) is 0 Å². The van der Waals surface area contributed by atoms with Gasteiger partial charge in [-0.25, -0.2) is 8.78 Å². The van der Waals surface area contributed by atoms with Crippen molar-refractivity contribution < 1.29 is 13.6 Å². The Balaban J connectivity index is 1.87. The van der Waals surface area contributed by atoms with E-state index in [2.05, 4.69) is 5.32 Å². The van der Waals surface area contributed by atoms with Crippen molar-refractivity contribution in [1.82, 2.24) is 5.32 Å². The Morgan fingerprint density at radius 3 is 2.48 bits per heavy atom. The van der Waals surface area contributed by atoms with Gasteiger partial charge in [-0.3, -0.25) is 4.79 Å². The average Bonchev–Trinajstić information content (AvgIpc) is 2.86. The van der Waals surface area contributed by atoms with Crippen molar-refractivity contribution in [2.75, 3.05) is 0 Å². The van der Waals surface area contributed by atoms with Crippen molar-refractivity contribution >= 4 is 27.3 Å². The number of benzene rings is 2. The van der Waals surface area contributed by atoms with Crippen LogP contribution < -0.4 is 5.32 Å². The Hall–Kier alpha value is -2.27. The monoisotopic (exact) mass is 331 g/mol. The van der Waals surface area contributed by atoms with Crippen LogP contribution in [0.1, 0.15) is 33.8 Å². The Labute approximate surface area is 136 Å². The van der Waals surface area contributed by atoms with E-state index in [-0.39, 0.29) is 23.6 Å². The van der Waals surface area contributed by atoms with Gasteiger partial charge in [-0.2, -0.15) is 0 Å². The molecule has 1 aromatic heterocycles. The molecule has 0 fully saturated rings. The highest BCUT2D eigenvalue weighted by Gasteiger charge is 2.19. The molecule has 1 heterocycles. The van der Waals surface area contributed by atoms with Gasteiger partial charge in [0.05, 0.1) is 10.9 Å². The van der Waals surface area contributed by atoms with Gasteiger partial charge in [0.1, 0.15) is 11.6 Å². The van der Waals surface area contributed by atoms with Gasteiger partial charge in [-0.15, -0.1) is 11.3 Å². The number of amides is 1. The highest BCUT2D eigenvalue weighted by atomic mass is 32.1. The lowest BCUT2D eigenvalue weighted by molar-refractivity contribution is 0.0943. The van der Waals surface area contributed by atoms with Crippen molar-refractivity contribution in [2.24, 2.45) is 0 Å². The van der Waals surface area contributed by atoms with E-state index in [4.69, 9.17) is 0 Å². The second kappa shape index (κ2) is 6.08. The van der Waals surface area contributed by atoms with Crippen LogP contribution in [0, 0.1) is 18.6 Å². The zero-order valence-electron chi connectivity index (χ0n) is 12.7. The van der Waals surface area contributed by atoms with Crippen LogP contribution in [-0.2, 0) is 0 Å². The summed E-state index contributed by atoms with van der Waals surface area (Å²) in [7, 11) is 0. The largest absolute Gasteiger partial charge is 0.345 e. The molecule has 0 saturated heterocycles. The van der Waals surface area contributed by atoms with Gasteiger partial charge >= 0.3 is 0 Å². The molecule has 0 radical (unpaired) electrons. The molecule has 5 heteroatoms. The van der Waals surface area contributed by atoms with Gasteiger partial charge in [0.2, 0.25) is 0 Å². The summed E-state index contributed by atoms with van der Waals surface area (Å²) in [6.45, 7) is 3.58. The lowest BCUT2D eigenvalue weighted by Gasteiger charge is -2.14. The Morgan fingerprint density at radius 2 is 1.83 bits per heavy atom. The molecular formula is C18H15F2NOS. The van der Waals surface area contributed by atoms with E-state index in [1.165, 1.54) is 29.5 Å². The summed E-state index contributed by atoms with van der Waals surface area (Å²) < 4.78 is 27.6. The van der Waals surface area contributed by atoms with Gasteiger partial charge in [-0.05, 0) is 49.2 Å². The molecule has 1 amide bonds. The van der Waals surface area contributed by atoms with Gasteiger partial charge in [0.15, 0.2) is 0 Å². The smallest absolute Gasteiger partial charge is 0.262 e. The highest BCUT2D eigenvalue weighted by Crippen LogP contribution is 2.32. The molecule has 118 valence electrons. The van der Waals surface area contributed by atoms with E-state index < -0.39 is 0 Å². The molecule has 3 rings (SSSR count). The number of carbonyl (C=O) groups is 1. The number of carbonyl (C=O) groups excluding carboxylic acids is 1. The summed E-state index contributed by atoms with van der Waals surface area (Å²) in [6, 6.07) is 10.6. The fourth-order valence-corrected chi connectivity index (χ4v) is 3.69. The number of hydrogen-bond acceptors (Lipinski definition) is 2. The Kier molecular flexibility index (Phi) is 4.13. The van der Waals surface area contributed by atoms with Crippen LogP contribution >= 0.6 is 11.3 Å². The van der Waals surface area contributed by atoms with E-state index >= 15 is 0 Å². The van der Waals surface area contributed by atoms with E-state index in [9.17, 15) is 13.6 Å². The Bertz CT molecular complexity index is 871. The predicted octanol–water partition coefficient (Wildman–Crippen LogP) is 4.98. The minimum Gasteiger partial charge on any atom is -0.345 e. The Morgan fingerprint density at radius 1 is 1.13 bits per heavy atom. The van der Waals surface area contributed by atoms with Crippen LogP contribution in [0.3, 0.4) is 0 Å². The van der Waals surface area contributed by atoms with Crippen molar-refractivity contribution in [1.29, 1.82) is 0 Å². The zero-order valence-corrected chi connectivity index (χ0v) is 13.5. The summed E-state index contributed by atoms with van der Waals surface area (Å²) >= 11 is 1.27. The molecule has 0 saturated carbocycles. The van der Waals surface area contributed by atoms with Gasteiger partial charge in [-0.1, -0.05) is 18.2 Å². The van der Waals surface area contributed by atoms with Crippen LogP contribution in [0.2, 0.25) is 0 Å². The first-order valence-corrected chi connectivity index (χ1v) is 8.03. The molecule has 2 aromatic carbocycles. The lowest BCUT2D eigenvalue weighted by atomic mass is 10.1. The van der Waals surface area contributed by atoms with Crippen LogP contribution in [0.25, 0.3) is 10.1 Å². The zero-order chi connectivity index (χ0) is 16.6. The molecule has 1 unspecified atom stereocenters. The minimum absolute atomic E-state index is 0.250. The van der Waals surface area contributed by atoms with Crippen molar-refractivity contribution in [3.05, 3.63) is 70.1 Å². The fourth-order valence-electron chi connectivity index (χ4n) is 2.57. The molecule has 0 aliphatic carbocycles. The molecule has 0 aliphatic heterocycles. The maximum atomic E-state index is 13.9. The van der Waals surface area contributed by atoms with Gasteiger partial charge in [0.25, 0.3) is 5.91 Å². The maximum absolute atomic E-state index is 13.9. The summed E-state index contributed by atoms with van der Waals surface area (Å²) in [5.74, 6) is -0.884. The van der Waals surface area contributed by atoms with Gasteiger partial charge < -0.3 is 5.32 Å². The maximum Gasteiger partial charge on any atom is 0.262 e. The minimum atomic E-state index is -0.318. The third-order valence-corrected chi connectivity index (χ3v) is 5.08. The number of nitrogens with one attached hydrogen (secondary N) is 1. The van der Waals surface area contributed by atoms with Gasteiger partial charge in [0, 0.05) is 10.1 Å². The fraction of sp³-hybridized carbons (Fsp3) is 0.167. The van der Waals surface area contributed by atoms with Crippen molar-refractivity contribution in [2.45, 2.75) is 19.9 Å². The van der Waals surface area contributed by atoms with Crippen molar-refractivity contribution in [3.63, 3.8) is 0 Å². The van der Waals surface area contributed by atoms with E-state index in [1.54, 1.807) is 31.2 Å². The molecule has 23 heavy (non-hydrogen) atoms. The SMILES string of the molecule is Cc1c(C(=O)NC(C)c2ccc(F)cc2)sc2cccc(F)c12. The number of aryl methyl sites for hydroxylation is 1. The summed E-state index contributed by atoms with van der Waals surface area (Å²) in [5, 5.41) is 3.38. The number of hydrogen-bond donors (Lipinski definition) is 1. The first kappa shape index (κ1) is 15.6. The van der Waals surface area contributed by atoms with E-state index in [0.717, 1.165) is 10.3 Å². The van der Waals surface area contributed by atoms with Crippen LogP contribution in [0.4, 0.5) is 8.78 Å². The lowest BCUT2D eigenvalue weighted by Crippen LogP contribution is -2.26. The second-order valence-corrected chi connectivity index (χ2v) is 6.47. The summed E-state index contributed by atoms with van der Waals surface area (Å²) in [4.78, 5) is 13.0. The first-order chi connectivity index (χ1) is 11.0. The quantitative estimate of drug-likeness (QED) is 0.720. The summed E-state index contributed by atoms with van der Waals surface area (Å²) in [5.41, 5.74) is 1.46. The topological polar surface area (TPSA) is 29.1 Å². The highest BCUT2D eigenvalue weighted by molar-refractivity contribution is 7.21. The third-order valence-electron chi connectivity index (χ3n) is 3.83. The first-order valence-electron chi connectivity index (χ1n) is 7.21. The van der Waals surface area contributed by atoms with Crippen LogP contribution in [-0.4, -0.2) is 5.91 Å². The normalized spacial score (nSPS) is 12.3. The average molecular weight is 331 g/mol. The predicted molar refractivity (Wildman–Crippen MR) is 88.8 cm³/mol. The molecule has 1 N–H and O–H groups in total. The number of halogens is 2. The summed E-state index contributed by atoms with van der Waals surface area (Å²) in [6.07, 6.45) is 0. The molecular weight excluding hydrogens is 316 g/mol. The standard InChI is InChI=1S/C18H15F2NOS/c1-10-16-14(20)4-3-5-15(16)23-17(10)18(22)21-11(2)12-6-8-13(19)9-7-12/h3-9,11H,1-2H3,(H,21,22). The molecule has 3 aromatic rings. The third kappa shape index (κ3) is 2.97. The number of thiophene rings is 1. The van der Waals surface area contributed by atoms with Crippen LogP contribution in [0.15, 0.2) is 42.5 Å². The second-order valence-electron chi connectivity index (χ2n) is 5.42. The molecule has 0 aliphatic rings. The molecule has 1 atom stereocenters. The number of fused-ring (bicyclic) bond motifs is 1. The molecule has 0 spiro atoms. The van der Waals surface area contributed by atoms with E-state index in [0.29, 0.717) is 15.8 Å². The number of rotatable bonds is 3.